The summed E-state index contributed by atoms with van der Waals surface area (Å²) in [4.78, 5) is 11.7. The van der Waals surface area contributed by atoms with Gasteiger partial charge in [-0.05, 0) is 30.7 Å². The Kier molecular flexibility index (Phi) is 7.07. The summed E-state index contributed by atoms with van der Waals surface area (Å²) in [6, 6.07) is 8.57. The Hall–Kier alpha value is -1.38. The third-order valence-electron chi connectivity index (χ3n) is 2.25. The van der Waals surface area contributed by atoms with Crippen molar-refractivity contribution < 1.29 is 9.53 Å². The maximum absolute atomic E-state index is 11.7. The van der Waals surface area contributed by atoms with Crippen molar-refractivity contribution in [3.05, 3.63) is 35.4 Å². The van der Waals surface area contributed by atoms with Gasteiger partial charge in [-0.2, -0.15) is 5.26 Å². The lowest BCUT2D eigenvalue weighted by molar-refractivity contribution is 0.0944. The number of halogens is 1. The van der Waals surface area contributed by atoms with Crippen molar-refractivity contribution in [3.63, 3.8) is 0 Å². The zero-order chi connectivity index (χ0) is 13.2. The number of amides is 1. The predicted molar refractivity (Wildman–Crippen MR) is 72.7 cm³/mol. The summed E-state index contributed by atoms with van der Waals surface area (Å²) in [7, 11) is 0. The van der Waals surface area contributed by atoms with Gasteiger partial charge in [0.1, 0.15) is 0 Å². The molecule has 0 fully saturated rings. The third kappa shape index (κ3) is 5.30. The molecular formula is C13H15BrN2O2. The van der Waals surface area contributed by atoms with Gasteiger partial charge < -0.3 is 10.1 Å². The summed E-state index contributed by atoms with van der Waals surface area (Å²) >= 11 is 3.27. The number of nitriles is 1. The molecule has 0 heterocycles. The highest BCUT2D eigenvalue weighted by atomic mass is 79.9. The van der Waals surface area contributed by atoms with Gasteiger partial charge in [0.25, 0.3) is 5.91 Å². The topological polar surface area (TPSA) is 62.1 Å². The van der Waals surface area contributed by atoms with Crippen LogP contribution in [0.3, 0.4) is 0 Å². The van der Waals surface area contributed by atoms with Crippen LogP contribution in [0.25, 0.3) is 0 Å². The van der Waals surface area contributed by atoms with Gasteiger partial charge in [-0.25, -0.2) is 0 Å². The zero-order valence-corrected chi connectivity index (χ0v) is 11.6. The number of rotatable bonds is 7. The highest BCUT2D eigenvalue weighted by Crippen LogP contribution is 2.02. The largest absolute Gasteiger partial charge is 0.381 e. The fourth-order valence-corrected chi connectivity index (χ4v) is 1.56. The molecule has 0 aromatic heterocycles. The third-order valence-corrected chi connectivity index (χ3v) is 2.57. The maximum atomic E-state index is 11.7. The maximum Gasteiger partial charge on any atom is 0.251 e. The van der Waals surface area contributed by atoms with E-state index in [9.17, 15) is 4.79 Å². The van der Waals surface area contributed by atoms with E-state index in [4.69, 9.17) is 10.00 Å². The second-order valence-corrected chi connectivity index (χ2v) is 4.39. The number of nitrogens with one attached hydrogen (secondary N) is 1. The van der Waals surface area contributed by atoms with Crippen molar-refractivity contribution in [2.75, 3.05) is 25.1 Å². The molecule has 0 unspecified atom stereocenters. The van der Waals surface area contributed by atoms with Gasteiger partial charge in [0.05, 0.1) is 18.2 Å². The van der Waals surface area contributed by atoms with Crippen LogP contribution < -0.4 is 5.32 Å². The first kappa shape index (κ1) is 14.7. The molecule has 0 radical (unpaired) electrons. The number of carbonyl (C=O) groups is 1. The molecule has 1 amide bonds. The standard InChI is InChI=1S/C13H15BrN2O2/c14-6-9-18-8-1-7-16-13(17)12-4-2-11(10-15)3-5-12/h2-5H,1,6-9H2,(H,16,17). The van der Waals surface area contributed by atoms with E-state index < -0.39 is 0 Å². The molecule has 0 spiro atoms. The van der Waals surface area contributed by atoms with Gasteiger partial charge in [-0.3, -0.25) is 4.79 Å². The molecule has 5 heteroatoms. The average Bonchev–Trinajstić information content (AvgIpc) is 2.42. The van der Waals surface area contributed by atoms with E-state index in [0.717, 1.165) is 11.8 Å². The SMILES string of the molecule is N#Cc1ccc(C(=O)NCCCOCCBr)cc1. The highest BCUT2D eigenvalue weighted by molar-refractivity contribution is 9.09. The number of hydrogen-bond acceptors (Lipinski definition) is 3. The minimum absolute atomic E-state index is 0.125. The van der Waals surface area contributed by atoms with E-state index in [1.165, 1.54) is 0 Å². The lowest BCUT2D eigenvalue weighted by Crippen LogP contribution is -2.25. The Bertz CT molecular complexity index is 412. The summed E-state index contributed by atoms with van der Waals surface area (Å²) in [5.41, 5.74) is 1.12. The van der Waals surface area contributed by atoms with Crippen molar-refractivity contribution >= 4 is 21.8 Å². The summed E-state index contributed by atoms with van der Waals surface area (Å²) in [6.07, 6.45) is 0.787. The van der Waals surface area contributed by atoms with Crippen LogP contribution in [0, 0.1) is 11.3 Å². The Morgan fingerprint density at radius 2 is 2.06 bits per heavy atom. The number of ether oxygens (including phenoxy) is 1. The molecular weight excluding hydrogens is 296 g/mol. The predicted octanol–water partition coefficient (Wildman–Crippen LogP) is 2.09. The van der Waals surface area contributed by atoms with Crippen LogP contribution in [0.1, 0.15) is 22.3 Å². The second kappa shape index (κ2) is 8.67. The van der Waals surface area contributed by atoms with Gasteiger partial charge in [-0.15, -0.1) is 0 Å². The van der Waals surface area contributed by atoms with Crippen molar-refractivity contribution in [2.24, 2.45) is 0 Å². The molecule has 18 heavy (non-hydrogen) atoms. The molecule has 1 aromatic carbocycles. The molecule has 4 nitrogen and oxygen atoms in total. The van der Waals surface area contributed by atoms with Crippen molar-refractivity contribution in [3.8, 4) is 6.07 Å². The molecule has 0 aliphatic heterocycles. The molecule has 0 saturated heterocycles. The van der Waals surface area contributed by atoms with Gasteiger partial charge >= 0.3 is 0 Å². The van der Waals surface area contributed by atoms with Gasteiger partial charge in [0, 0.05) is 24.0 Å². The van der Waals surface area contributed by atoms with Crippen LogP contribution in [-0.2, 0) is 4.74 Å². The summed E-state index contributed by atoms with van der Waals surface area (Å²) in [5.74, 6) is -0.125. The number of alkyl halides is 1. The second-order valence-electron chi connectivity index (χ2n) is 3.60. The van der Waals surface area contributed by atoms with Crippen LogP contribution in [0.4, 0.5) is 0 Å². The van der Waals surface area contributed by atoms with Crippen LogP contribution >= 0.6 is 15.9 Å². The van der Waals surface area contributed by atoms with E-state index >= 15 is 0 Å². The van der Waals surface area contributed by atoms with E-state index in [0.29, 0.717) is 30.9 Å². The van der Waals surface area contributed by atoms with Crippen LogP contribution in [-0.4, -0.2) is 31.0 Å². The Labute approximate surface area is 115 Å². The fraction of sp³-hybridized carbons (Fsp3) is 0.385. The normalized spacial score (nSPS) is 9.78. The Morgan fingerprint density at radius 3 is 2.67 bits per heavy atom. The molecule has 0 saturated carbocycles. The van der Waals surface area contributed by atoms with Crippen LogP contribution in [0.15, 0.2) is 24.3 Å². The molecule has 1 N–H and O–H groups in total. The molecule has 1 rings (SSSR count). The van der Waals surface area contributed by atoms with Gasteiger partial charge in [0.15, 0.2) is 0 Å². The fourth-order valence-electron chi connectivity index (χ4n) is 1.33. The summed E-state index contributed by atoms with van der Waals surface area (Å²) in [6.45, 7) is 1.91. The zero-order valence-electron chi connectivity index (χ0n) is 9.99. The Balaban J connectivity index is 2.26. The first-order valence-electron chi connectivity index (χ1n) is 5.70. The average molecular weight is 311 g/mol. The first-order chi connectivity index (χ1) is 8.77. The van der Waals surface area contributed by atoms with E-state index in [1.54, 1.807) is 24.3 Å². The lowest BCUT2D eigenvalue weighted by atomic mass is 10.1. The molecule has 0 bridgehead atoms. The minimum atomic E-state index is -0.125. The molecule has 0 atom stereocenters. The highest BCUT2D eigenvalue weighted by Gasteiger charge is 2.04. The van der Waals surface area contributed by atoms with E-state index in [2.05, 4.69) is 21.2 Å². The summed E-state index contributed by atoms with van der Waals surface area (Å²) in [5, 5.41) is 12.3. The van der Waals surface area contributed by atoms with E-state index in [-0.39, 0.29) is 5.91 Å². The molecule has 0 aliphatic rings. The van der Waals surface area contributed by atoms with E-state index in [1.807, 2.05) is 6.07 Å². The molecule has 1 aromatic rings. The number of carbonyl (C=O) groups excluding carboxylic acids is 1. The number of nitrogens with zero attached hydrogens (tertiary/aromatic N) is 1. The lowest BCUT2D eigenvalue weighted by Gasteiger charge is -2.05. The van der Waals surface area contributed by atoms with Crippen LogP contribution in [0.5, 0.6) is 0 Å². The van der Waals surface area contributed by atoms with Gasteiger partial charge in [0.2, 0.25) is 0 Å². The molecule has 0 aliphatic carbocycles. The first-order valence-corrected chi connectivity index (χ1v) is 6.82. The van der Waals surface area contributed by atoms with Crippen molar-refractivity contribution in [2.45, 2.75) is 6.42 Å². The minimum Gasteiger partial charge on any atom is -0.381 e. The van der Waals surface area contributed by atoms with Crippen molar-refractivity contribution in [1.29, 1.82) is 5.26 Å². The van der Waals surface area contributed by atoms with Gasteiger partial charge in [-0.1, -0.05) is 15.9 Å². The number of hydrogen-bond donors (Lipinski definition) is 1. The quantitative estimate of drug-likeness (QED) is 0.619. The number of benzene rings is 1. The van der Waals surface area contributed by atoms with Crippen LogP contribution in [0.2, 0.25) is 0 Å². The smallest absolute Gasteiger partial charge is 0.251 e. The Morgan fingerprint density at radius 1 is 1.33 bits per heavy atom. The summed E-state index contributed by atoms with van der Waals surface area (Å²) < 4.78 is 5.27. The monoisotopic (exact) mass is 310 g/mol. The van der Waals surface area contributed by atoms with Crippen molar-refractivity contribution in [1.82, 2.24) is 5.32 Å². The molecule has 96 valence electrons.